The number of anilines is 1. The van der Waals surface area contributed by atoms with Gasteiger partial charge in [0, 0.05) is 18.3 Å². The van der Waals surface area contributed by atoms with E-state index in [9.17, 15) is 0 Å². The first-order chi connectivity index (χ1) is 11.1. The minimum absolute atomic E-state index is 0.161. The van der Waals surface area contributed by atoms with E-state index in [2.05, 4.69) is 10.6 Å². The first kappa shape index (κ1) is 17.1. The molecule has 0 saturated carbocycles. The molecule has 0 fully saturated rings. The quantitative estimate of drug-likeness (QED) is 0.785. The lowest BCUT2D eigenvalue weighted by molar-refractivity contribution is 0.242. The molecule has 0 bridgehead atoms. The molecule has 0 aromatic heterocycles. The van der Waals surface area contributed by atoms with Gasteiger partial charge in [0.1, 0.15) is 11.5 Å². The van der Waals surface area contributed by atoms with E-state index in [1.807, 2.05) is 62.4 Å². The van der Waals surface area contributed by atoms with Crippen LogP contribution < -0.4 is 20.1 Å². The number of thiocarbonyl (C=S) groups is 1. The summed E-state index contributed by atoms with van der Waals surface area (Å²) in [5, 5.41) is 6.90. The predicted molar refractivity (Wildman–Crippen MR) is 98.3 cm³/mol. The SMILES string of the molecule is COc1cccc(NC(=S)NCc2cccc(OC(C)C)c2)c1. The van der Waals surface area contributed by atoms with Crippen molar-refractivity contribution in [3.63, 3.8) is 0 Å². The van der Waals surface area contributed by atoms with Crippen molar-refractivity contribution in [2.45, 2.75) is 26.5 Å². The zero-order valence-electron chi connectivity index (χ0n) is 13.6. The molecule has 0 heterocycles. The minimum Gasteiger partial charge on any atom is -0.497 e. The summed E-state index contributed by atoms with van der Waals surface area (Å²) in [6.07, 6.45) is 0.161. The highest BCUT2D eigenvalue weighted by Crippen LogP contribution is 2.17. The van der Waals surface area contributed by atoms with Gasteiger partial charge in [0.05, 0.1) is 13.2 Å². The molecule has 5 heteroatoms. The average Bonchev–Trinajstić information content (AvgIpc) is 2.53. The van der Waals surface area contributed by atoms with Crippen molar-refractivity contribution in [2.75, 3.05) is 12.4 Å². The highest BCUT2D eigenvalue weighted by Gasteiger charge is 2.02. The number of rotatable bonds is 6. The summed E-state index contributed by atoms with van der Waals surface area (Å²) in [7, 11) is 1.64. The van der Waals surface area contributed by atoms with E-state index in [-0.39, 0.29) is 6.10 Å². The van der Waals surface area contributed by atoms with Crippen LogP contribution in [0.1, 0.15) is 19.4 Å². The Balaban J connectivity index is 1.88. The van der Waals surface area contributed by atoms with E-state index in [1.165, 1.54) is 0 Å². The molecule has 2 aromatic rings. The number of benzene rings is 2. The van der Waals surface area contributed by atoms with Gasteiger partial charge in [0.2, 0.25) is 0 Å². The zero-order valence-corrected chi connectivity index (χ0v) is 14.4. The Labute approximate surface area is 142 Å². The van der Waals surface area contributed by atoms with Gasteiger partial charge in [-0.25, -0.2) is 0 Å². The van der Waals surface area contributed by atoms with E-state index in [0.29, 0.717) is 11.7 Å². The third-order valence-electron chi connectivity index (χ3n) is 3.05. The Bertz CT molecular complexity index is 659. The fourth-order valence-corrected chi connectivity index (χ4v) is 2.25. The summed E-state index contributed by atoms with van der Waals surface area (Å²) in [5.41, 5.74) is 2.00. The molecule has 0 radical (unpaired) electrons. The second-order valence-corrected chi connectivity index (χ2v) is 5.76. The van der Waals surface area contributed by atoms with Crippen molar-refractivity contribution >= 4 is 23.0 Å². The maximum absolute atomic E-state index is 5.69. The normalized spacial score (nSPS) is 10.3. The Morgan fingerprint density at radius 3 is 2.57 bits per heavy atom. The largest absolute Gasteiger partial charge is 0.497 e. The van der Waals surface area contributed by atoms with Crippen molar-refractivity contribution < 1.29 is 9.47 Å². The number of hydrogen-bond donors (Lipinski definition) is 2. The Hall–Kier alpha value is -2.27. The monoisotopic (exact) mass is 330 g/mol. The number of hydrogen-bond acceptors (Lipinski definition) is 3. The molecule has 0 amide bonds. The van der Waals surface area contributed by atoms with Crippen LogP contribution in [0.15, 0.2) is 48.5 Å². The van der Waals surface area contributed by atoms with Crippen LogP contribution in [0.2, 0.25) is 0 Å². The molecule has 0 aliphatic heterocycles. The topological polar surface area (TPSA) is 42.5 Å². The third-order valence-corrected chi connectivity index (χ3v) is 3.30. The molecule has 0 aliphatic carbocycles. The summed E-state index contributed by atoms with van der Waals surface area (Å²) in [4.78, 5) is 0. The van der Waals surface area contributed by atoms with Crippen molar-refractivity contribution in [1.29, 1.82) is 0 Å². The van der Waals surface area contributed by atoms with E-state index >= 15 is 0 Å². The van der Waals surface area contributed by atoms with Gasteiger partial charge in [-0.3, -0.25) is 0 Å². The summed E-state index contributed by atoms with van der Waals surface area (Å²) >= 11 is 5.32. The summed E-state index contributed by atoms with van der Waals surface area (Å²) in [6.45, 7) is 4.65. The fourth-order valence-electron chi connectivity index (χ4n) is 2.06. The van der Waals surface area contributed by atoms with E-state index in [1.54, 1.807) is 7.11 Å². The zero-order chi connectivity index (χ0) is 16.7. The Morgan fingerprint density at radius 1 is 1.09 bits per heavy atom. The molecule has 2 N–H and O–H groups in total. The van der Waals surface area contributed by atoms with E-state index in [0.717, 1.165) is 22.7 Å². The molecule has 0 saturated heterocycles. The minimum atomic E-state index is 0.161. The lowest BCUT2D eigenvalue weighted by atomic mass is 10.2. The Morgan fingerprint density at radius 2 is 1.83 bits per heavy atom. The molecule has 4 nitrogen and oxygen atoms in total. The van der Waals surface area contributed by atoms with Gasteiger partial charge in [0.25, 0.3) is 0 Å². The molecule has 2 aromatic carbocycles. The van der Waals surface area contributed by atoms with Gasteiger partial charge < -0.3 is 20.1 Å². The first-order valence-corrected chi connectivity index (χ1v) is 7.92. The van der Waals surface area contributed by atoms with Gasteiger partial charge in [-0.2, -0.15) is 0 Å². The van der Waals surface area contributed by atoms with Crippen LogP contribution in [0.3, 0.4) is 0 Å². The smallest absolute Gasteiger partial charge is 0.171 e. The van der Waals surface area contributed by atoms with Gasteiger partial charge in [-0.1, -0.05) is 18.2 Å². The number of ether oxygens (including phenoxy) is 2. The molecule has 122 valence electrons. The number of methoxy groups -OCH3 is 1. The van der Waals surface area contributed by atoms with Crippen molar-refractivity contribution in [2.24, 2.45) is 0 Å². The van der Waals surface area contributed by atoms with Crippen LogP contribution in [0.25, 0.3) is 0 Å². The fraction of sp³-hybridized carbons (Fsp3) is 0.278. The van der Waals surface area contributed by atoms with Gasteiger partial charge >= 0.3 is 0 Å². The van der Waals surface area contributed by atoms with E-state index < -0.39 is 0 Å². The maximum Gasteiger partial charge on any atom is 0.171 e. The standard InChI is InChI=1S/C18H22N2O2S/c1-13(2)22-17-9-4-6-14(10-17)12-19-18(23)20-15-7-5-8-16(11-15)21-3/h4-11,13H,12H2,1-3H3,(H2,19,20,23). The lowest BCUT2D eigenvalue weighted by Gasteiger charge is -2.13. The van der Waals surface area contributed by atoms with Crippen LogP contribution in [0, 0.1) is 0 Å². The predicted octanol–water partition coefficient (Wildman–Crippen LogP) is 3.97. The number of nitrogens with one attached hydrogen (secondary N) is 2. The van der Waals surface area contributed by atoms with Crippen LogP contribution in [-0.4, -0.2) is 18.3 Å². The summed E-state index contributed by atoms with van der Waals surface area (Å²) in [5.74, 6) is 1.65. The van der Waals surface area contributed by atoms with Crippen LogP contribution in [0.4, 0.5) is 5.69 Å². The Kier molecular flexibility index (Phi) is 6.23. The molecular weight excluding hydrogens is 308 g/mol. The summed E-state index contributed by atoms with van der Waals surface area (Å²) < 4.78 is 10.9. The van der Waals surface area contributed by atoms with Crippen molar-refractivity contribution in [1.82, 2.24) is 5.32 Å². The molecule has 0 aliphatic rings. The molecule has 0 unspecified atom stereocenters. The summed E-state index contributed by atoms with van der Waals surface area (Å²) in [6, 6.07) is 15.6. The van der Waals surface area contributed by atoms with Crippen LogP contribution in [0.5, 0.6) is 11.5 Å². The maximum atomic E-state index is 5.69. The highest BCUT2D eigenvalue weighted by molar-refractivity contribution is 7.80. The lowest BCUT2D eigenvalue weighted by Crippen LogP contribution is -2.27. The molecule has 0 atom stereocenters. The average molecular weight is 330 g/mol. The van der Waals surface area contributed by atoms with Gasteiger partial charge in [-0.15, -0.1) is 0 Å². The molecule has 2 rings (SSSR count). The molecular formula is C18H22N2O2S. The van der Waals surface area contributed by atoms with Gasteiger partial charge in [0.15, 0.2) is 5.11 Å². The highest BCUT2D eigenvalue weighted by atomic mass is 32.1. The van der Waals surface area contributed by atoms with Crippen molar-refractivity contribution in [3.05, 3.63) is 54.1 Å². The second kappa shape index (κ2) is 8.39. The molecule has 0 spiro atoms. The first-order valence-electron chi connectivity index (χ1n) is 7.51. The van der Waals surface area contributed by atoms with Crippen LogP contribution in [-0.2, 0) is 6.54 Å². The van der Waals surface area contributed by atoms with Crippen LogP contribution >= 0.6 is 12.2 Å². The van der Waals surface area contributed by atoms with E-state index in [4.69, 9.17) is 21.7 Å². The third kappa shape index (κ3) is 5.79. The molecule has 23 heavy (non-hydrogen) atoms. The second-order valence-electron chi connectivity index (χ2n) is 5.35. The van der Waals surface area contributed by atoms with Gasteiger partial charge in [-0.05, 0) is 55.9 Å². The van der Waals surface area contributed by atoms with Crippen molar-refractivity contribution in [3.8, 4) is 11.5 Å².